The van der Waals surface area contributed by atoms with Gasteiger partial charge in [0.2, 0.25) is 0 Å². The van der Waals surface area contributed by atoms with Crippen molar-refractivity contribution in [2.45, 2.75) is 32.4 Å². The molecule has 0 saturated heterocycles. The Morgan fingerprint density at radius 2 is 1.87 bits per heavy atom. The highest BCUT2D eigenvalue weighted by atomic mass is 31.2. The van der Waals surface area contributed by atoms with Crippen LogP contribution in [-0.2, 0) is 25.0 Å². The van der Waals surface area contributed by atoms with Crippen molar-refractivity contribution in [3.8, 4) is 0 Å². The van der Waals surface area contributed by atoms with Gasteiger partial charge in [-0.2, -0.15) is 0 Å². The molecule has 0 aliphatic heterocycles. The molecule has 0 saturated carbocycles. The number of aliphatic hydroxyl groups is 1. The summed E-state index contributed by atoms with van der Waals surface area (Å²) in [6.45, 7) is 3.50. The molecule has 8 nitrogen and oxygen atoms in total. The van der Waals surface area contributed by atoms with E-state index in [2.05, 4.69) is 10.0 Å². The third-order valence-electron chi connectivity index (χ3n) is 2.91. The van der Waals surface area contributed by atoms with Crippen LogP contribution in [0.2, 0.25) is 0 Å². The van der Waals surface area contributed by atoms with Crippen molar-refractivity contribution in [3.63, 3.8) is 0 Å². The molecule has 1 aromatic carbocycles. The number of hydrogen-bond donors (Lipinski definition) is 1. The van der Waals surface area contributed by atoms with E-state index in [1.807, 2.05) is 30.3 Å². The Balaban J connectivity index is 2.85. The Labute approximate surface area is 135 Å². The average Bonchev–Trinajstić information content (AvgIpc) is 2.56. The van der Waals surface area contributed by atoms with Gasteiger partial charge in [-0.05, 0) is 24.9 Å². The molecular weight excluding hydrogens is 321 g/mol. The first-order valence-electron chi connectivity index (χ1n) is 7.30. The molecule has 1 aromatic rings. The van der Waals surface area contributed by atoms with Gasteiger partial charge in [-0.15, -0.1) is 0 Å². The van der Waals surface area contributed by atoms with Crippen LogP contribution in [0.25, 0.3) is 10.4 Å². The van der Waals surface area contributed by atoms with E-state index in [1.54, 1.807) is 13.8 Å². The molecule has 0 heterocycles. The molecule has 0 aliphatic carbocycles. The van der Waals surface area contributed by atoms with Crippen LogP contribution in [-0.4, -0.2) is 36.8 Å². The lowest BCUT2D eigenvalue weighted by Gasteiger charge is -2.28. The smallest absolute Gasteiger partial charge is 0.361 e. The standard InChI is InChI=1S/C14H22N3O5P/c1-3-21-23(19,22-4-2)14(18)13(10-16-17-15)20-11-12-8-6-5-7-9-12/h5-9,13-14,18H,3-4,10-11H2,1-2H3/t13-,14-/m0/s1. The summed E-state index contributed by atoms with van der Waals surface area (Å²) in [6, 6.07) is 9.27. The van der Waals surface area contributed by atoms with Crippen molar-refractivity contribution in [3.05, 3.63) is 46.3 Å². The summed E-state index contributed by atoms with van der Waals surface area (Å²) in [5.74, 6) is -1.54. The molecule has 1 rings (SSSR count). The molecule has 128 valence electrons. The molecule has 0 aliphatic rings. The molecule has 1 N–H and O–H groups in total. The molecule has 0 fully saturated rings. The monoisotopic (exact) mass is 343 g/mol. The van der Waals surface area contributed by atoms with Gasteiger partial charge in [-0.3, -0.25) is 4.57 Å². The zero-order valence-electron chi connectivity index (χ0n) is 13.2. The van der Waals surface area contributed by atoms with Crippen molar-refractivity contribution in [1.29, 1.82) is 0 Å². The number of hydrogen-bond acceptors (Lipinski definition) is 6. The van der Waals surface area contributed by atoms with E-state index in [0.717, 1.165) is 5.56 Å². The van der Waals surface area contributed by atoms with Gasteiger partial charge in [-0.25, -0.2) is 0 Å². The Bertz CT molecular complexity index is 541. The Hall–Kier alpha value is -1.40. The topological polar surface area (TPSA) is 114 Å². The van der Waals surface area contributed by atoms with Crippen LogP contribution in [0.3, 0.4) is 0 Å². The van der Waals surface area contributed by atoms with Gasteiger partial charge >= 0.3 is 7.60 Å². The molecule has 0 bridgehead atoms. The normalized spacial score (nSPS) is 14.0. The predicted molar refractivity (Wildman–Crippen MR) is 85.9 cm³/mol. The fourth-order valence-corrected chi connectivity index (χ4v) is 3.57. The molecule has 0 radical (unpaired) electrons. The van der Waals surface area contributed by atoms with E-state index < -0.39 is 19.5 Å². The molecule has 9 heteroatoms. The first kappa shape index (κ1) is 19.6. The summed E-state index contributed by atoms with van der Waals surface area (Å²) >= 11 is 0. The molecule has 0 unspecified atom stereocenters. The Morgan fingerprint density at radius 3 is 2.39 bits per heavy atom. The maximum Gasteiger partial charge on any atom is 0.361 e. The minimum absolute atomic E-state index is 0.112. The second-order valence-electron chi connectivity index (χ2n) is 4.54. The second kappa shape index (κ2) is 10.4. The van der Waals surface area contributed by atoms with Gasteiger partial charge < -0.3 is 18.9 Å². The molecule has 2 atom stereocenters. The quantitative estimate of drug-likeness (QED) is 0.286. The fraction of sp³-hybridized carbons (Fsp3) is 0.571. The first-order chi connectivity index (χ1) is 11.1. The summed E-state index contributed by atoms with van der Waals surface area (Å²) in [5.41, 5.74) is 9.35. The third kappa shape index (κ3) is 6.31. The van der Waals surface area contributed by atoms with E-state index in [0.29, 0.717) is 0 Å². The zero-order chi connectivity index (χ0) is 17.1. The van der Waals surface area contributed by atoms with Crippen molar-refractivity contribution in [1.82, 2.24) is 0 Å². The summed E-state index contributed by atoms with van der Waals surface area (Å²) in [4.78, 5) is 2.65. The van der Waals surface area contributed by atoms with E-state index >= 15 is 0 Å². The van der Waals surface area contributed by atoms with Crippen molar-refractivity contribution in [2.24, 2.45) is 5.11 Å². The highest BCUT2D eigenvalue weighted by Gasteiger charge is 2.40. The largest absolute Gasteiger partial charge is 0.378 e. The first-order valence-corrected chi connectivity index (χ1v) is 8.91. The van der Waals surface area contributed by atoms with Gasteiger partial charge in [0.25, 0.3) is 0 Å². The average molecular weight is 343 g/mol. The van der Waals surface area contributed by atoms with Crippen molar-refractivity contribution >= 4 is 7.60 Å². The number of rotatable bonds is 11. The van der Waals surface area contributed by atoms with Crippen LogP contribution in [0.1, 0.15) is 19.4 Å². The maximum atomic E-state index is 12.6. The Kier molecular flexibility index (Phi) is 8.87. The van der Waals surface area contributed by atoms with Crippen LogP contribution in [0.4, 0.5) is 0 Å². The highest BCUT2D eigenvalue weighted by Crippen LogP contribution is 2.53. The number of ether oxygens (including phenoxy) is 1. The number of azide groups is 1. The van der Waals surface area contributed by atoms with E-state index in [4.69, 9.17) is 19.3 Å². The van der Waals surface area contributed by atoms with Crippen molar-refractivity contribution < 1.29 is 23.5 Å². The van der Waals surface area contributed by atoms with Crippen molar-refractivity contribution in [2.75, 3.05) is 19.8 Å². The van der Waals surface area contributed by atoms with Crippen LogP contribution < -0.4 is 0 Å². The molecule has 0 amide bonds. The Morgan fingerprint density at radius 1 is 1.26 bits per heavy atom. The van der Waals surface area contributed by atoms with Crippen LogP contribution >= 0.6 is 7.60 Å². The summed E-state index contributed by atoms with van der Waals surface area (Å²) < 4.78 is 28.4. The minimum Gasteiger partial charge on any atom is -0.378 e. The fourth-order valence-electron chi connectivity index (χ4n) is 1.88. The maximum absolute atomic E-state index is 12.6. The lowest BCUT2D eigenvalue weighted by atomic mass is 10.2. The van der Waals surface area contributed by atoms with E-state index in [1.165, 1.54) is 0 Å². The summed E-state index contributed by atoms with van der Waals surface area (Å²) in [7, 11) is -3.78. The number of benzene rings is 1. The third-order valence-corrected chi connectivity index (χ3v) is 5.12. The predicted octanol–water partition coefficient (Wildman–Crippen LogP) is 3.47. The van der Waals surface area contributed by atoms with Crippen LogP contribution in [0, 0.1) is 0 Å². The van der Waals surface area contributed by atoms with Crippen LogP contribution in [0.15, 0.2) is 35.4 Å². The second-order valence-corrected chi connectivity index (χ2v) is 6.66. The molecule has 0 aromatic heterocycles. The molecule has 23 heavy (non-hydrogen) atoms. The van der Waals surface area contributed by atoms with Gasteiger partial charge in [0.15, 0.2) is 5.85 Å². The van der Waals surface area contributed by atoms with Gasteiger partial charge in [0, 0.05) is 4.91 Å². The highest BCUT2D eigenvalue weighted by molar-refractivity contribution is 7.54. The molecular formula is C14H22N3O5P. The lowest BCUT2D eigenvalue weighted by Crippen LogP contribution is -2.33. The molecule has 0 spiro atoms. The minimum atomic E-state index is -3.78. The summed E-state index contributed by atoms with van der Waals surface area (Å²) in [5, 5.41) is 13.8. The lowest BCUT2D eigenvalue weighted by molar-refractivity contribution is -0.0212. The van der Waals surface area contributed by atoms with Gasteiger partial charge in [-0.1, -0.05) is 35.4 Å². The number of nitrogens with zero attached hydrogens (tertiary/aromatic N) is 3. The van der Waals surface area contributed by atoms with E-state index in [9.17, 15) is 9.67 Å². The van der Waals surface area contributed by atoms with E-state index in [-0.39, 0.29) is 26.4 Å². The SMILES string of the molecule is CCOP(=O)(OCC)[C@H](O)[C@H](CN=[N+]=[N-])OCc1ccccc1. The zero-order valence-corrected chi connectivity index (χ0v) is 14.1. The number of aliphatic hydroxyl groups excluding tert-OH is 1. The van der Waals surface area contributed by atoms with Gasteiger partial charge in [0.1, 0.15) is 6.10 Å². The van der Waals surface area contributed by atoms with Gasteiger partial charge in [0.05, 0.1) is 26.4 Å². The summed E-state index contributed by atoms with van der Waals surface area (Å²) in [6.07, 6.45) is -1.00. The van der Waals surface area contributed by atoms with Crippen LogP contribution in [0.5, 0.6) is 0 Å².